The maximum Gasteiger partial charge on any atom is 0.433 e. The summed E-state index contributed by atoms with van der Waals surface area (Å²) >= 11 is 0.980. The van der Waals surface area contributed by atoms with Crippen molar-refractivity contribution in [2.45, 2.75) is 24.0 Å². The van der Waals surface area contributed by atoms with Gasteiger partial charge in [-0.25, -0.2) is 15.0 Å². The van der Waals surface area contributed by atoms with E-state index in [9.17, 15) is 18.0 Å². The maximum absolute atomic E-state index is 12.8. The Hall–Kier alpha value is -2.42. The van der Waals surface area contributed by atoms with Gasteiger partial charge in [0.15, 0.2) is 5.16 Å². The molecule has 0 aliphatic heterocycles. The molecule has 0 spiro atoms. The number of aryl methyl sites for hydroxylation is 1. The van der Waals surface area contributed by atoms with E-state index in [0.717, 1.165) is 17.8 Å². The van der Waals surface area contributed by atoms with E-state index in [-0.39, 0.29) is 22.2 Å². The summed E-state index contributed by atoms with van der Waals surface area (Å²) < 4.78 is 38.3. The molecule has 0 amide bonds. The molecule has 2 aromatic heterocycles. The van der Waals surface area contributed by atoms with E-state index in [1.54, 1.807) is 24.3 Å². The van der Waals surface area contributed by atoms with Crippen LogP contribution in [-0.2, 0) is 11.9 Å². The van der Waals surface area contributed by atoms with Crippen molar-refractivity contribution in [1.82, 2.24) is 19.9 Å². The Bertz CT molecular complexity index is 955. The van der Waals surface area contributed by atoms with Crippen molar-refractivity contribution in [2.75, 3.05) is 0 Å². The quantitative estimate of drug-likeness (QED) is 0.578. The van der Waals surface area contributed by atoms with Gasteiger partial charge in [0.1, 0.15) is 11.5 Å². The first-order valence-electron chi connectivity index (χ1n) is 6.86. The lowest BCUT2D eigenvalue weighted by atomic mass is 10.2. The van der Waals surface area contributed by atoms with Gasteiger partial charge in [-0.3, -0.25) is 4.79 Å². The van der Waals surface area contributed by atoms with Crippen LogP contribution in [0.15, 0.2) is 40.3 Å². The topological polar surface area (TPSA) is 71.5 Å². The molecule has 24 heavy (non-hydrogen) atoms. The normalized spacial score (nSPS) is 11.8. The molecule has 3 aromatic rings. The second-order valence-corrected chi connectivity index (χ2v) is 5.94. The summed E-state index contributed by atoms with van der Waals surface area (Å²) in [5, 5.41) is 0.440. The van der Waals surface area contributed by atoms with Gasteiger partial charge in [0, 0.05) is 5.69 Å². The van der Waals surface area contributed by atoms with E-state index in [1.165, 1.54) is 6.92 Å². The number of nitrogens with zero attached hydrogens (tertiary/aromatic N) is 3. The van der Waals surface area contributed by atoms with E-state index in [4.69, 9.17) is 0 Å². The summed E-state index contributed by atoms with van der Waals surface area (Å²) in [5.74, 6) is 0.503. The van der Waals surface area contributed by atoms with Crippen LogP contribution in [0, 0.1) is 6.92 Å². The van der Waals surface area contributed by atoms with Gasteiger partial charge in [-0.05, 0) is 25.1 Å². The van der Waals surface area contributed by atoms with E-state index < -0.39 is 11.9 Å². The molecule has 0 saturated heterocycles. The molecule has 2 heterocycles. The van der Waals surface area contributed by atoms with E-state index in [2.05, 4.69) is 19.9 Å². The first kappa shape index (κ1) is 16.4. The Morgan fingerprint density at radius 1 is 1.17 bits per heavy atom. The zero-order valence-corrected chi connectivity index (χ0v) is 13.2. The van der Waals surface area contributed by atoms with Gasteiger partial charge in [-0.15, -0.1) is 0 Å². The second-order valence-electron chi connectivity index (χ2n) is 4.99. The molecular formula is C15H11F3N4OS. The number of aromatic amines is 1. The minimum Gasteiger partial charge on any atom is -0.309 e. The molecular weight excluding hydrogens is 341 g/mol. The van der Waals surface area contributed by atoms with Crippen LogP contribution < -0.4 is 5.56 Å². The van der Waals surface area contributed by atoms with Gasteiger partial charge in [-0.1, -0.05) is 23.9 Å². The van der Waals surface area contributed by atoms with Crippen LogP contribution in [0.1, 0.15) is 17.2 Å². The highest BCUT2D eigenvalue weighted by atomic mass is 32.2. The minimum absolute atomic E-state index is 0.0156. The van der Waals surface area contributed by atoms with Crippen molar-refractivity contribution in [3.05, 3.63) is 57.9 Å². The smallest absolute Gasteiger partial charge is 0.309 e. The van der Waals surface area contributed by atoms with Crippen molar-refractivity contribution in [1.29, 1.82) is 0 Å². The summed E-state index contributed by atoms with van der Waals surface area (Å²) in [6.07, 6.45) is -4.53. The summed E-state index contributed by atoms with van der Waals surface area (Å²) in [6.45, 7) is 1.47. The van der Waals surface area contributed by atoms with Crippen molar-refractivity contribution >= 4 is 22.7 Å². The number of alkyl halides is 3. The van der Waals surface area contributed by atoms with Gasteiger partial charge in [0.2, 0.25) is 0 Å². The number of para-hydroxylation sites is 1. The molecule has 0 aliphatic rings. The predicted octanol–water partition coefficient (Wildman–Crippen LogP) is 3.33. The number of fused-ring (bicyclic) bond motifs is 1. The Morgan fingerprint density at radius 2 is 1.92 bits per heavy atom. The highest BCUT2D eigenvalue weighted by molar-refractivity contribution is 7.98. The van der Waals surface area contributed by atoms with Gasteiger partial charge in [0.05, 0.1) is 16.7 Å². The van der Waals surface area contributed by atoms with Gasteiger partial charge in [-0.2, -0.15) is 13.2 Å². The largest absolute Gasteiger partial charge is 0.433 e. The summed E-state index contributed by atoms with van der Waals surface area (Å²) in [7, 11) is 0. The summed E-state index contributed by atoms with van der Waals surface area (Å²) in [6, 6.07) is 7.72. The van der Waals surface area contributed by atoms with Crippen molar-refractivity contribution < 1.29 is 13.2 Å². The number of rotatable bonds is 3. The molecule has 0 radical (unpaired) electrons. The molecule has 5 nitrogen and oxygen atoms in total. The number of benzene rings is 1. The first-order valence-corrected chi connectivity index (χ1v) is 7.85. The van der Waals surface area contributed by atoms with Crippen molar-refractivity contribution in [3.63, 3.8) is 0 Å². The molecule has 0 bridgehead atoms. The van der Waals surface area contributed by atoms with Crippen LogP contribution in [0.25, 0.3) is 10.9 Å². The molecule has 9 heteroatoms. The van der Waals surface area contributed by atoms with E-state index in [1.807, 2.05) is 0 Å². The first-order chi connectivity index (χ1) is 11.3. The lowest BCUT2D eigenvalue weighted by molar-refractivity contribution is -0.141. The fraction of sp³-hybridized carbons (Fsp3) is 0.200. The van der Waals surface area contributed by atoms with Gasteiger partial charge in [0.25, 0.3) is 5.56 Å². The molecule has 0 unspecified atom stereocenters. The van der Waals surface area contributed by atoms with Crippen LogP contribution in [0.5, 0.6) is 0 Å². The van der Waals surface area contributed by atoms with Crippen LogP contribution >= 0.6 is 11.8 Å². The molecule has 1 aromatic carbocycles. The third kappa shape index (κ3) is 3.56. The number of hydrogen-bond acceptors (Lipinski definition) is 5. The highest BCUT2D eigenvalue weighted by Crippen LogP contribution is 2.29. The summed E-state index contributed by atoms with van der Waals surface area (Å²) in [4.78, 5) is 26.4. The Morgan fingerprint density at radius 3 is 2.67 bits per heavy atom. The third-order valence-corrected chi connectivity index (χ3v) is 3.98. The van der Waals surface area contributed by atoms with Crippen LogP contribution in [0.3, 0.4) is 0 Å². The molecule has 0 atom stereocenters. The Kier molecular flexibility index (Phi) is 4.27. The molecule has 0 aliphatic carbocycles. The number of halogens is 3. The fourth-order valence-corrected chi connectivity index (χ4v) is 2.86. The fourth-order valence-electron chi connectivity index (χ4n) is 2.09. The summed E-state index contributed by atoms with van der Waals surface area (Å²) in [5.41, 5.74) is -0.535. The Balaban J connectivity index is 1.86. The average Bonchev–Trinajstić information content (AvgIpc) is 2.52. The zero-order valence-electron chi connectivity index (χ0n) is 12.4. The SMILES string of the molecule is Cc1cc(C(F)(F)F)nc(SCc2nc3ccccc3c(=O)[nH]2)n1. The number of thioether (sulfide) groups is 1. The Labute approximate surface area is 138 Å². The lowest BCUT2D eigenvalue weighted by Crippen LogP contribution is -2.12. The molecule has 0 saturated carbocycles. The van der Waals surface area contributed by atoms with Crippen LogP contribution in [0.2, 0.25) is 0 Å². The lowest BCUT2D eigenvalue weighted by Gasteiger charge is -2.08. The number of hydrogen-bond donors (Lipinski definition) is 1. The monoisotopic (exact) mass is 352 g/mol. The van der Waals surface area contributed by atoms with Crippen LogP contribution in [-0.4, -0.2) is 19.9 Å². The molecule has 3 rings (SSSR count). The maximum atomic E-state index is 12.8. The van der Waals surface area contributed by atoms with E-state index >= 15 is 0 Å². The van der Waals surface area contributed by atoms with Gasteiger partial charge < -0.3 is 4.98 Å². The number of nitrogens with one attached hydrogen (secondary N) is 1. The number of aromatic nitrogens is 4. The van der Waals surface area contributed by atoms with Gasteiger partial charge >= 0.3 is 6.18 Å². The highest BCUT2D eigenvalue weighted by Gasteiger charge is 2.33. The van der Waals surface area contributed by atoms with Crippen LogP contribution in [0.4, 0.5) is 13.2 Å². The average molecular weight is 352 g/mol. The third-order valence-electron chi connectivity index (χ3n) is 3.12. The predicted molar refractivity (Wildman–Crippen MR) is 83.7 cm³/mol. The second kappa shape index (κ2) is 6.23. The van der Waals surface area contributed by atoms with E-state index in [0.29, 0.717) is 16.7 Å². The van der Waals surface area contributed by atoms with Crippen molar-refractivity contribution in [3.8, 4) is 0 Å². The molecule has 1 N–H and O–H groups in total. The molecule has 124 valence electrons. The zero-order chi connectivity index (χ0) is 17.3. The number of H-pyrrole nitrogens is 1. The van der Waals surface area contributed by atoms with Crippen molar-refractivity contribution in [2.24, 2.45) is 0 Å². The standard InChI is InChI=1S/C15H11F3N4OS/c1-8-6-11(15(16,17)18)21-14(19-8)24-7-12-20-10-5-3-2-4-9(10)13(23)22-12/h2-6H,7H2,1H3,(H,20,22,23). The molecule has 0 fully saturated rings. The minimum atomic E-state index is -4.53.